The quantitative estimate of drug-likeness (QED) is 0.510. The minimum atomic E-state index is -0.355. The zero-order valence-corrected chi connectivity index (χ0v) is 12.2. The Morgan fingerprint density at radius 2 is 2.11 bits per heavy atom. The molecule has 0 unspecified atom stereocenters. The minimum absolute atomic E-state index is 0.153. The molecule has 1 saturated heterocycles. The van der Waals surface area contributed by atoms with Crippen LogP contribution in [0.1, 0.15) is 12.8 Å². The van der Waals surface area contributed by atoms with E-state index in [4.69, 9.17) is 5.73 Å². The van der Waals surface area contributed by atoms with E-state index in [2.05, 4.69) is 27.5 Å². The smallest absolute Gasteiger partial charge is 0.270 e. The van der Waals surface area contributed by atoms with Crippen molar-refractivity contribution in [2.24, 2.45) is 11.7 Å². The van der Waals surface area contributed by atoms with E-state index in [1.165, 1.54) is 0 Å². The van der Waals surface area contributed by atoms with Crippen LogP contribution in [0.3, 0.4) is 0 Å². The van der Waals surface area contributed by atoms with Gasteiger partial charge in [-0.3, -0.25) is 10.1 Å². The fraction of sp³-hybridized carbons (Fsp3) is 0.500. The third kappa shape index (κ3) is 2.92. The molecule has 0 bridgehead atoms. The molecule has 0 aromatic heterocycles. The summed E-state index contributed by atoms with van der Waals surface area (Å²) in [6.07, 6.45) is 2.20. The van der Waals surface area contributed by atoms with Crippen LogP contribution in [0.2, 0.25) is 0 Å². The molecule has 0 amide bonds. The molecule has 1 aromatic carbocycles. The van der Waals surface area contributed by atoms with Crippen molar-refractivity contribution in [2.45, 2.75) is 12.8 Å². The lowest BCUT2D eigenvalue weighted by Gasteiger charge is -2.33. The first-order chi connectivity index (χ1) is 8.61. The summed E-state index contributed by atoms with van der Waals surface area (Å²) in [5, 5.41) is 10.7. The number of rotatable bonds is 3. The SMILES string of the molecule is NCC1CCN(c2ccc([N+](=O)[O-])cc2I)CC1. The predicted molar refractivity (Wildman–Crippen MR) is 79.8 cm³/mol. The number of nitro groups is 1. The Balaban J connectivity index is 2.12. The average molecular weight is 361 g/mol. The van der Waals surface area contributed by atoms with Crippen LogP contribution in [0.5, 0.6) is 0 Å². The summed E-state index contributed by atoms with van der Waals surface area (Å²) in [6.45, 7) is 2.72. The van der Waals surface area contributed by atoms with Gasteiger partial charge in [-0.05, 0) is 54.0 Å². The van der Waals surface area contributed by atoms with Gasteiger partial charge in [0.25, 0.3) is 5.69 Å². The van der Waals surface area contributed by atoms with Crippen molar-refractivity contribution in [3.8, 4) is 0 Å². The number of nitrogens with zero attached hydrogens (tertiary/aromatic N) is 2. The van der Waals surface area contributed by atoms with Gasteiger partial charge in [0.2, 0.25) is 0 Å². The molecular weight excluding hydrogens is 345 g/mol. The molecule has 18 heavy (non-hydrogen) atoms. The van der Waals surface area contributed by atoms with Crippen molar-refractivity contribution in [1.82, 2.24) is 0 Å². The number of hydrogen-bond donors (Lipinski definition) is 1. The fourth-order valence-electron chi connectivity index (χ4n) is 2.28. The second-order valence-electron chi connectivity index (χ2n) is 4.56. The van der Waals surface area contributed by atoms with E-state index in [-0.39, 0.29) is 10.6 Å². The molecule has 0 radical (unpaired) electrons. The lowest BCUT2D eigenvalue weighted by Crippen LogP contribution is -2.36. The first kappa shape index (κ1) is 13.5. The van der Waals surface area contributed by atoms with Gasteiger partial charge in [0.05, 0.1) is 10.6 Å². The molecule has 0 saturated carbocycles. The van der Waals surface area contributed by atoms with Crippen molar-refractivity contribution in [3.05, 3.63) is 31.9 Å². The first-order valence-electron chi connectivity index (χ1n) is 6.00. The normalized spacial score (nSPS) is 16.9. The molecule has 2 N–H and O–H groups in total. The highest BCUT2D eigenvalue weighted by atomic mass is 127. The number of non-ortho nitro benzene ring substituents is 1. The molecule has 2 rings (SSSR count). The van der Waals surface area contributed by atoms with Crippen molar-refractivity contribution >= 4 is 34.0 Å². The van der Waals surface area contributed by atoms with Crippen LogP contribution >= 0.6 is 22.6 Å². The van der Waals surface area contributed by atoms with E-state index in [0.717, 1.165) is 41.7 Å². The summed E-state index contributed by atoms with van der Waals surface area (Å²) in [7, 11) is 0. The van der Waals surface area contributed by atoms with E-state index >= 15 is 0 Å². The molecule has 1 aliphatic heterocycles. The maximum atomic E-state index is 10.7. The highest BCUT2D eigenvalue weighted by molar-refractivity contribution is 14.1. The van der Waals surface area contributed by atoms with Crippen molar-refractivity contribution in [2.75, 3.05) is 24.5 Å². The Bertz CT molecular complexity index is 445. The van der Waals surface area contributed by atoms with Gasteiger partial charge in [0, 0.05) is 28.8 Å². The summed E-state index contributed by atoms with van der Waals surface area (Å²) >= 11 is 2.17. The van der Waals surface area contributed by atoms with Crippen LogP contribution in [0.4, 0.5) is 11.4 Å². The Labute approximate surface area is 120 Å². The van der Waals surface area contributed by atoms with Gasteiger partial charge in [0.15, 0.2) is 0 Å². The number of nitrogens with two attached hydrogens (primary N) is 1. The molecule has 1 aliphatic rings. The third-order valence-electron chi connectivity index (χ3n) is 3.43. The molecular formula is C12H16IN3O2. The zero-order chi connectivity index (χ0) is 13.1. The molecule has 1 heterocycles. The second kappa shape index (κ2) is 5.83. The minimum Gasteiger partial charge on any atom is -0.371 e. The van der Waals surface area contributed by atoms with Gasteiger partial charge in [-0.25, -0.2) is 0 Å². The van der Waals surface area contributed by atoms with E-state index in [0.29, 0.717) is 5.92 Å². The summed E-state index contributed by atoms with van der Waals surface area (Å²) in [5.41, 5.74) is 6.92. The van der Waals surface area contributed by atoms with E-state index < -0.39 is 0 Å². The maximum Gasteiger partial charge on any atom is 0.270 e. The third-order valence-corrected chi connectivity index (χ3v) is 4.29. The maximum absolute atomic E-state index is 10.7. The van der Waals surface area contributed by atoms with E-state index in [9.17, 15) is 10.1 Å². The second-order valence-corrected chi connectivity index (χ2v) is 5.72. The van der Waals surface area contributed by atoms with Gasteiger partial charge in [-0.1, -0.05) is 0 Å². The summed E-state index contributed by atoms with van der Waals surface area (Å²) in [4.78, 5) is 12.6. The molecule has 6 heteroatoms. The number of nitro benzene ring substituents is 1. The van der Waals surface area contributed by atoms with Gasteiger partial charge in [-0.2, -0.15) is 0 Å². The van der Waals surface area contributed by atoms with Crippen LogP contribution < -0.4 is 10.6 Å². The van der Waals surface area contributed by atoms with Crippen LogP contribution in [0.25, 0.3) is 0 Å². The Hall–Kier alpha value is -0.890. The summed E-state index contributed by atoms with van der Waals surface area (Å²) < 4.78 is 0.938. The highest BCUT2D eigenvalue weighted by Gasteiger charge is 2.20. The standard InChI is InChI=1S/C12H16IN3O2/c13-11-7-10(16(17)18)1-2-12(11)15-5-3-9(8-14)4-6-15/h1-2,7,9H,3-6,8,14H2. The van der Waals surface area contributed by atoms with E-state index in [1.807, 2.05) is 6.07 Å². The van der Waals surface area contributed by atoms with Crippen LogP contribution in [-0.2, 0) is 0 Å². The molecule has 0 spiro atoms. The number of halogens is 1. The van der Waals surface area contributed by atoms with Gasteiger partial charge in [0.1, 0.15) is 0 Å². The van der Waals surface area contributed by atoms with Gasteiger partial charge >= 0.3 is 0 Å². The Morgan fingerprint density at radius 1 is 1.44 bits per heavy atom. The lowest BCUT2D eigenvalue weighted by molar-refractivity contribution is -0.384. The van der Waals surface area contributed by atoms with Gasteiger partial charge < -0.3 is 10.6 Å². The molecule has 1 fully saturated rings. The van der Waals surface area contributed by atoms with Crippen LogP contribution in [0, 0.1) is 19.6 Å². The largest absolute Gasteiger partial charge is 0.371 e. The Morgan fingerprint density at radius 3 is 2.61 bits per heavy atom. The molecule has 5 nitrogen and oxygen atoms in total. The fourth-order valence-corrected chi connectivity index (χ4v) is 3.12. The van der Waals surface area contributed by atoms with Crippen LogP contribution in [0.15, 0.2) is 18.2 Å². The molecule has 98 valence electrons. The predicted octanol–water partition coefficient (Wildman–Crippen LogP) is 2.37. The number of benzene rings is 1. The average Bonchev–Trinajstić information content (AvgIpc) is 2.38. The molecule has 0 aliphatic carbocycles. The summed E-state index contributed by atoms with van der Waals surface area (Å²) in [5.74, 6) is 0.622. The zero-order valence-electron chi connectivity index (χ0n) is 10.0. The molecule has 1 aromatic rings. The van der Waals surface area contributed by atoms with Crippen LogP contribution in [-0.4, -0.2) is 24.6 Å². The topological polar surface area (TPSA) is 72.4 Å². The lowest BCUT2D eigenvalue weighted by atomic mass is 9.97. The number of piperidine rings is 1. The summed E-state index contributed by atoms with van der Waals surface area (Å²) in [6, 6.07) is 5.06. The first-order valence-corrected chi connectivity index (χ1v) is 7.08. The Kier molecular flexibility index (Phi) is 4.39. The number of hydrogen-bond acceptors (Lipinski definition) is 4. The molecule has 0 atom stereocenters. The monoisotopic (exact) mass is 361 g/mol. The number of anilines is 1. The van der Waals surface area contributed by atoms with Crippen molar-refractivity contribution < 1.29 is 4.92 Å². The van der Waals surface area contributed by atoms with Crippen molar-refractivity contribution in [3.63, 3.8) is 0 Å². The van der Waals surface area contributed by atoms with E-state index in [1.54, 1.807) is 12.1 Å². The van der Waals surface area contributed by atoms with Crippen molar-refractivity contribution in [1.29, 1.82) is 0 Å². The highest BCUT2D eigenvalue weighted by Crippen LogP contribution is 2.29. The van der Waals surface area contributed by atoms with Gasteiger partial charge in [-0.15, -0.1) is 0 Å².